The lowest BCUT2D eigenvalue weighted by Gasteiger charge is -2.08. The summed E-state index contributed by atoms with van der Waals surface area (Å²) in [6.45, 7) is 0.554. The highest BCUT2D eigenvalue weighted by molar-refractivity contribution is 5.99. The highest BCUT2D eigenvalue weighted by Gasteiger charge is 2.17. The Morgan fingerprint density at radius 1 is 1.08 bits per heavy atom. The summed E-state index contributed by atoms with van der Waals surface area (Å²) < 4.78 is 2.00. The quantitative estimate of drug-likeness (QED) is 0.747. The number of nitrogens with zero attached hydrogens (tertiary/aromatic N) is 1. The molecule has 0 saturated carbocycles. The Bertz CT molecular complexity index is 944. The first-order chi connectivity index (χ1) is 12.7. The number of nitrogens with one attached hydrogen (secondary N) is 2. The standard InChI is InChI=1S/C21H19N3O2/c25-20-14-17-13-15(3-8-19(17)23-20)9-10-22-21(26)16-4-6-18(7-5-16)24-11-1-2-12-24/h1-8,11-13H,9-10,14H2,(H,22,26)(H,23,25). The summed E-state index contributed by atoms with van der Waals surface area (Å²) in [5.41, 5.74) is 4.70. The zero-order valence-electron chi connectivity index (χ0n) is 14.2. The van der Waals surface area contributed by atoms with E-state index in [-0.39, 0.29) is 11.8 Å². The highest BCUT2D eigenvalue weighted by atomic mass is 16.2. The Labute approximate surface area is 151 Å². The number of carbonyl (C=O) groups excluding carboxylic acids is 2. The van der Waals surface area contributed by atoms with Crippen LogP contribution < -0.4 is 10.6 Å². The second-order valence-electron chi connectivity index (χ2n) is 6.36. The van der Waals surface area contributed by atoms with Gasteiger partial charge in [-0.2, -0.15) is 0 Å². The number of fused-ring (bicyclic) bond motifs is 1. The normalized spacial score (nSPS) is 12.5. The van der Waals surface area contributed by atoms with E-state index in [1.54, 1.807) is 0 Å². The first-order valence-electron chi connectivity index (χ1n) is 8.62. The van der Waals surface area contributed by atoms with E-state index in [1.807, 2.05) is 71.6 Å². The molecule has 0 unspecified atom stereocenters. The van der Waals surface area contributed by atoms with Gasteiger partial charge >= 0.3 is 0 Å². The fourth-order valence-electron chi connectivity index (χ4n) is 3.15. The lowest BCUT2D eigenvalue weighted by Crippen LogP contribution is -2.25. The van der Waals surface area contributed by atoms with Crippen molar-refractivity contribution in [1.29, 1.82) is 0 Å². The van der Waals surface area contributed by atoms with Gasteiger partial charge in [-0.1, -0.05) is 12.1 Å². The number of benzene rings is 2. The van der Waals surface area contributed by atoms with Crippen LogP contribution in [0.2, 0.25) is 0 Å². The van der Waals surface area contributed by atoms with E-state index < -0.39 is 0 Å². The maximum absolute atomic E-state index is 12.3. The smallest absolute Gasteiger partial charge is 0.251 e. The van der Waals surface area contributed by atoms with Crippen LogP contribution in [0.1, 0.15) is 21.5 Å². The average molecular weight is 345 g/mol. The number of rotatable bonds is 5. The number of aromatic nitrogens is 1. The Hall–Kier alpha value is -3.34. The third-order valence-electron chi connectivity index (χ3n) is 4.53. The van der Waals surface area contributed by atoms with E-state index in [0.717, 1.165) is 28.9 Å². The van der Waals surface area contributed by atoms with Crippen molar-refractivity contribution in [2.45, 2.75) is 12.8 Å². The number of amides is 2. The van der Waals surface area contributed by atoms with E-state index >= 15 is 0 Å². The van der Waals surface area contributed by atoms with Crippen LogP contribution in [0.4, 0.5) is 5.69 Å². The van der Waals surface area contributed by atoms with Crippen LogP contribution in [0.3, 0.4) is 0 Å². The maximum atomic E-state index is 12.3. The van der Waals surface area contributed by atoms with Gasteiger partial charge in [0.05, 0.1) is 6.42 Å². The molecule has 2 heterocycles. The van der Waals surface area contributed by atoms with Crippen LogP contribution in [0.25, 0.3) is 5.69 Å². The number of hydrogen-bond donors (Lipinski definition) is 2. The molecule has 2 amide bonds. The van der Waals surface area contributed by atoms with Gasteiger partial charge in [-0.05, 0) is 60.0 Å². The molecule has 3 aromatic rings. The molecule has 0 saturated heterocycles. The number of anilines is 1. The van der Waals surface area contributed by atoms with Crippen LogP contribution in [-0.4, -0.2) is 22.9 Å². The van der Waals surface area contributed by atoms with Gasteiger partial charge in [-0.15, -0.1) is 0 Å². The zero-order chi connectivity index (χ0) is 17.9. The summed E-state index contributed by atoms with van der Waals surface area (Å²) >= 11 is 0. The molecule has 2 aromatic carbocycles. The topological polar surface area (TPSA) is 63.1 Å². The highest BCUT2D eigenvalue weighted by Crippen LogP contribution is 2.23. The minimum absolute atomic E-state index is 0.0359. The molecule has 1 aromatic heterocycles. The average Bonchev–Trinajstić information content (AvgIpc) is 3.30. The van der Waals surface area contributed by atoms with Gasteiger partial charge < -0.3 is 15.2 Å². The van der Waals surface area contributed by atoms with Crippen molar-refractivity contribution < 1.29 is 9.59 Å². The lowest BCUT2D eigenvalue weighted by molar-refractivity contribution is -0.115. The molecule has 5 heteroatoms. The molecule has 0 radical (unpaired) electrons. The molecule has 1 aliphatic heterocycles. The van der Waals surface area contributed by atoms with Gasteiger partial charge in [-0.3, -0.25) is 9.59 Å². The van der Waals surface area contributed by atoms with Crippen molar-refractivity contribution in [3.05, 3.63) is 83.7 Å². The molecular formula is C21H19N3O2. The Morgan fingerprint density at radius 2 is 1.85 bits per heavy atom. The number of carbonyl (C=O) groups is 2. The molecule has 0 fully saturated rings. The number of hydrogen-bond acceptors (Lipinski definition) is 2. The third kappa shape index (κ3) is 3.37. The molecule has 0 aliphatic carbocycles. The van der Waals surface area contributed by atoms with Crippen LogP contribution >= 0.6 is 0 Å². The van der Waals surface area contributed by atoms with Gasteiger partial charge in [0.25, 0.3) is 5.91 Å². The molecule has 1 aliphatic rings. The van der Waals surface area contributed by atoms with E-state index in [1.165, 1.54) is 0 Å². The summed E-state index contributed by atoms with van der Waals surface area (Å²) in [5.74, 6) is -0.0455. The van der Waals surface area contributed by atoms with Gasteiger partial charge in [0.2, 0.25) is 5.91 Å². The second-order valence-corrected chi connectivity index (χ2v) is 6.36. The van der Waals surface area contributed by atoms with E-state index in [4.69, 9.17) is 0 Å². The molecule has 0 bridgehead atoms. The summed E-state index contributed by atoms with van der Waals surface area (Å²) in [4.78, 5) is 23.7. The van der Waals surface area contributed by atoms with E-state index in [9.17, 15) is 9.59 Å². The third-order valence-corrected chi connectivity index (χ3v) is 4.53. The van der Waals surface area contributed by atoms with Crippen LogP contribution in [0, 0.1) is 0 Å². The minimum atomic E-state index is -0.0814. The predicted octanol–water partition coefficient (Wildman–Crippen LogP) is 2.94. The minimum Gasteiger partial charge on any atom is -0.352 e. The zero-order valence-corrected chi connectivity index (χ0v) is 14.2. The molecule has 130 valence electrons. The van der Waals surface area contributed by atoms with Crippen LogP contribution in [-0.2, 0) is 17.6 Å². The Morgan fingerprint density at radius 3 is 2.62 bits per heavy atom. The molecular weight excluding hydrogens is 326 g/mol. The molecule has 5 nitrogen and oxygen atoms in total. The first-order valence-corrected chi connectivity index (χ1v) is 8.62. The van der Waals surface area contributed by atoms with E-state index in [0.29, 0.717) is 18.5 Å². The van der Waals surface area contributed by atoms with Gasteiger partial charge in [-0.25, -0.2) is 0 Å². The monoisotopic (exact) mass is 345 g/mol. The summed E-state index contributed by atoms with van der Waals surface area (Å²) in [5, 5.41) is 5.77. The SMILES string of the molecule is O=C1Cc2cc(CCNC(=O)c3ccc(-n4cccc4)cc3)ccc2N1. The second kappa shape index (κ2) is 6.88. The maximum Gasteiger partial charge on any atom is 0.251 e. The van der Waals surface area contributed by atoms with Crippen molar-refractivity contribution in [2.24, 2.45) is 0 Å². The Kier molecular flexibility index (Phi) is 4.27. The molecule has 0 spiro atoms. The van der Waals surface area contributed by atoms with Gasteiger partial charge in [0.15, 0.2) is 0 Å². The summed E-state index contributed by atoms with van der Waals surface area (Å²) in [7, 11) is 0. The Balaban J connectivity index is 1.33. The van der Waals surface area contributed by atoms with Crippen molar-refractivity contribution in [2.75, 3.05) is 11.9 Å². The molecule has 4 rings (SSSR count). The predicted molar refractivity (Wildman–Crippen MR) is 101 cm³/mol. The van der Waals surface area contributed by atoms with Crippen molar-refractivity contribution in [1.82, 2.24) is 9.88 Å². The van der Waals surface area contributed by atoms with Crippen LogP contribution in [0.15, 0.2) is 67.0 Å². The van der Waals surface area contributed by atoms with E-state index in [2.05, 4.69) is 10.6 Å². The fraction of sp³-hybridized carbons (Fsp3) is 0.143. The first kappa shape index (κ1) is 16.1. The van der Waals surface area contributed by atoms with Crippen molar-refractivity contribution in [3.63, 3.8) is 0 Å². The molecule has 26 heavy (non-hydrogen) atoms. The van der Waals surface area contributed by atoms with Gasteiger partial charge in [0, 0.05) is 35.9 Å². The lowest BCUT2D eigenvalue weighted by atomic mass is 10.1. The summed E-state index contributed by atoms with van der Waals surface area (Å²) in [6, 6.07) is 17.4. The largest absolute Gasteiger partial charge is 0.352 e. The fourth-order valence-corrected chi connectivity index (χ4v) is 3.15. The van der Waals surface area contributed by atoms with Crippen molar-refractivity contribution >= 4 is 17.5 Å². The molecule has 2 N–H and O–H groups in total. The van der Waals surface area contributed by atoms with Crippen molar-refractivity contribution in [3.8, 4) is 5.69 Å². The van der Waals surface area contributed by atoms with Crippen LogP contribution in [0.5, 0.6) is 0 Å². The molecule has 0 atom stereocenters. The van der Waals surface area contributed by atoms with Gasteiger partial charge in [0.1, 0.15) is 0 Å². The summed E-state index contributed by atoms with van der Waals surface area (Å²) in [6.07, 6.45) is 5.10.